The lowest BCUT2D eigenvalue weighted by atomic mass is 9.80. The van der Waals surface area contributed by atoms with Crippen LogP contribution in [0.5, 0.6) is 0 Å². The van der Waals surface area contributed by atoms with Gasteiger partial charge in [-0.05, 0) is 38.0 Å². The molecule has 5 nitrogen and oxygen atoms in total. The zero-order valence-corrected chi connectivity index (χ0v) is 10.8. The van der Waals surface area contributed by atoms with Crippen molar-refractivity contribution >= 4 is 18.0 Å². The van der Waals surface area contributed by atoms with E-state index >= 15 is 0 Å². The van der Waals surface area contributed by atoms with Gasteiger partial charge in [0.1, 0.15) is 5.76 Å². The number of amides is 1. The third kappa shape index (κ3) is 3.05. The van der Waals surface area contributed by atoms with Crippen molar-refractivity contribution in [3.63, 3.8) is 0 Å². The first-order valence-corrected chi connectivity index (χ1v) is 6.25. The highest BCUT2D eigenvalue weighted by Gasteiger charge is 2.37. The summed E-state index contributed by atoms with van der Waals surface area (Å²) in [5, 5.41) is 9.12. The van der Waals surface area contributed by atoms with Crippen LogP contribution < -0.4 is 0 Å². The van der Waals surface area contributed by atoms with Crippen molar-refractivity contribution in [3.8, 4) is 0 Å². The lowest BCUT2D eigenvalue weighted by molar-refractivity contribution is -0.152. The minimum atomic E-state index is -0.786. The summed E-state index contributed by atoms with van der Waals surface area (Å²) in [5.74, 6) is -0.268. The second kappa shape index (κ2) is 5.30. The predicted molar refractivity (Wildman–Crippen MR) is 69.3 cm³/mol. The van der Waals surface area contributed by atoms with Crippen LogP contribution in [-0.4, -0.2) is 35.0 Å². The van der Waals surface area contributed by atoms with Crippen LogP contribution >= 0.6 is 0 Å². The van der Waals surface area contributed by atoms with Gasteiger partial charge in [-0.3, -0.25) is 9.59 Å². The molecule has 2 heterocycles. The summed E-state index contributed by atoms with van der Waals surface area (Å²) in [5.41, 5.74) is -0.707. The Morgan fingerprint density at radius 3 is 2.63 bits per heavy atom. The molecule has 0 aromatic carbocycles. The summed E-state index contributed by atoms with van der Waals surface area (Å²) in [4.78, 5) is 24.7. The molecule has 1 saturated heterocycles. The van der Waals surface area contributed by atoms with Crippen molar-refractivity contribution in [2.75, 3.05) is 13.1 Å². The average Bonchev–Trinajstić information content (AvgIpc) is 2.90. The molecule has 0 bridgehead atoms. The van der Waals surface area contributed by atoms with Crippen LogP contribution in [0.2, 0.25) is 0 Å². The second-order valence-electron chi connectivity index (χ2n) is 5.04. The Morgan fingerprint density at radius 1 is 1.42 bits per heavy atom. The molecule has 0 unspecified atom stereocenters. The van der Waals surface area contributed by atoms with Gasteiger partial charge < -0.3 is 14.4 Å². The quantitative estimate of drug-likeness (QED) is 0.847. The molecule has 1 aliphatic rings. The van der Waals surface area contributed by atoms with Crippen LogP contribution in [0.25, 0.3) is 6.08 Å². The molecular formula is C14H17NO4. The number of furan rings is 1. The van der Waals surface area contributed by atoms with E-state index in [2.05, 4.69) is 0 Å². The molecular weight excluding hydrogens is 246 g/mol. The number of nitrogens with zero attached hydrogens (tertiary/aromatic N) is 1. The van der Waals surface area contributed by atoms with Gasteiger partial charge in [-0.2, -0.15) is 0 Å². The summed E-state index contributed by atoms with van der Waals surface area (Å²) in [7, 11) is 0. The van der Waals surface area contributed by atoms with Gasteiger partial charge >= 0.3 is 5.97 Å². The number of rotatable bonds is 3. The van der Waals surface area contributed by atoms with E-state index < -0.39 is 11.4 Å². The Bertz CT molecular complexity index is 482. The van der Waals surface area contributed by atoms with E-state index in [1.54, 1.807) is 36.3 Å². The number of carboxylic acids is 1. The molecule has 0 radical (unpaired) electrons. The number of carbonyl (C=O) groups excluding carboxylic acids is 1. The Labute approximate surface area is 111 Å². The lowest BCUT2D eigenvalue weighted by Crippen LogP contribution is -2.44. The first kappa shape index (κ1) is 13.4. The number of piperidine rings is 1. The first-order valence-electron chi connectivity index (χ1n) is 6.25. The van der Waals surface area contributed by atoms with Gasteiger partial charge in [-0.1, -0.05) is 0 Å². The lowest BCUT2D eigenvalue weighted by Gasteiger charge is -2.35. The summed E-state index contributed by atoms with van der Waals surface area (Å²) < 4.78 is 5.10. The van der Waals surface area contributed by atoms with Crippen molar-refractivity contribution < 1.29 is 19.1 Å². The Hall–Kier alpha value is -2.04. The van der Waals surface area contributed by atoms with Gasteiger partial charge in [0.15, 0.2) is 0 Å². The third-order valence-corrected chi connectivity index (χ3v) is 3.63. The number of likely N-dealkylation sites (tertiary alicyclic amines) is 1. The summed E-state index contributed by atoms with van der Waals surface area (Å²) in [6.45, 7) is 2.68. The molecule has 0 spiro atoms. The molecule has 1 aromatic rings. The Balaban J connectivity index is 1.91. The zero-order chi connectivity index (χ0) is 13.9. The Morgan fingerprint density at radius 2 is 2.11 bits per heavy atom. The van der Waals surface area contributed by atoms with Gasteiger partial charge in [0, 0.05) is 19.2 Å². The van der Waals surface area contributed by atoms with Crippen molar-refractivity contribution in [1.29, 1.82) is 0 Å². The average molecular weight is 263 g/mol. The fourth-order valence-electron chi connectivity index (χ4n) is 2.08. The normalized spacial score (nSPS) is 18.7. The summed E-state index contributed by atoms with van der Waals surface area (Å²) in [6.07, 6.45) is 5.60. The predicted octanol–water partition coefficient (Wildman–Crippen LogP) is 2.01. The number of carbonyl (C=O) groups is 2. The molecule has 0 atom stereocenters. The minimum Gasteiger partial charge on any atom is -0.481 e. The molecule has 0 saturated carbocycles. The molecule has 5 heteroatoms. The van der Waals surface area contributed by atoms with E-state index in [0.29, 0.717) is 31.7 Å². The van der Waals surface area contributed by atoms with Gasteiger partial charge in [0.25, 0.3) is 0 Å². The van der Waals surface area contributed by atoms with Crippen LogP contribution in [0.4, 0.5) is 0 Å². The molecule has 1 amide bonds. The molecule has 2 rings (SSSR count). The van der Waals surface area contributed by atoms with E-state index in [1.807, 2.05) is 0 Å². The highest BCUT2D eigenvalue weighted by atomic mass is 16.4. The number of hydrogen-bond acceptors (Lipinski definition) is 3. The molecule has 1 fully saturated rings. The van der Waals surface area contributed by atoms with E-state index in [9.17, 15) is 9.59 Å². The van der Waals surface area contributed by atoms with E-state index in [1.165, 1.54) is 6.08 Å². The maximum Gasteiger partial charge on any atom is 0.309 e. The fraction of sp³-hybridized carbons (Fsp3) is 0.429. The smallest absolute Gasteiger partial charge is 0.309 e. The maximum atomic E-state index is 11.9. The van der Waals surface area contributed by atoms with Crippen LogP contribution in [0.1, 0.15) is 25.5 Å². The van der Waals surface area contributed by atoms with Crippen LogP contribution in [0, 0.1) is 5.41 Å². The number of hydrogen-bond donors (Lipinski definition) is 1. The Kier molecular flexibility index (Phi) is 3.74. The molecule has 102 valence electrons. The van der Waals surface area contributed by atoms with E-state index in [0.717, 1.165) is 0 Å². The molecule has 0 aliphatic carbocycles. The van der Waals surface area contributed by atoms with Crippen molar-refractivity contribution in [2.45, 2.75) is 19.8 Å². The monoisotopic (exact) mass is 263 g/mol. The molecule has 1 aromatic heterocycles. The highest BCUT2D eigenvalue weighted by Crippen LogP contribution is 2.31. The van der Waals surface area contributed by atoms with Gasteiger partial charge in [0.05, 0.1) is 11.7 Å². The zero-order valence-electron chi connectivity index (χ0n) is 10.8. The molecule has 1 N–H and O–H groups in total. The fourth-order valence-corrected chi connectivity index (χ4v) is 2.08. The minimum absolute atomic E-state index is 0.108. The number of carboxylic acid groups (broad SMARTS) is 1. The van der Waals surface area contributed by atoms with Crippen molar-refractivity contribution in [3.05, 3.63) is 30.2 Å². The second-order valence-corrected chi connectivity index (χ2v) is 5.04. The van der Waals surface area contributed by atoms with Gasteiger partial charge in [-0.15, -0.1) is 0 Å². The maximum absolute atomic E-state index is 11.9. The summed E-state index contributed by atoms with van der Waals surface area (Å²) in [6, 6.07) is 3.52. The molecule has 1 aliphatic heterocycles. The largest absolute Gasteiger partial charge is 0.481 e. The standard InChI is InChI=1S/C14H17NO4/c1-14(13(17)18)6-8-15(9-7-14)12(16)5-4-11-3-2-10-19-11/h2-5,10H,6-9H2,1H3,(H,17,18). The van der Waals surface area contributed by atoms with Gasteiger partial charge in [0.2, 0.25) is 5.91 Å². The number of aliphatic carboxylic acids is 1. The van der Waals surface area contributed by atoms with Crippen LogP contribution in [-0.2, 0) is 9.59 Å². The van der Waals surface area contributed by atoms with Crippen molar-refractivity contribution in [1.82, 2.24) is 4.90 Å². The van der Waals surface area contributed by atoms with E-state index in [-0.39, 0.29) is 5.91 Å². The topological polar surface area (TPSA) is 70.8 Å². The summed E-state index contributed by atoms with van der Waals surface area (Å²) >= 11 is 0. The van der Waals surface area contributed by atoms with Crippen LogP contribution in [0.3, 0.4) is 0 Å². The molecule has 19 heavy (non-hydrogen) atoms. The van der Waals surface area contributed by atoms with Crippen LogP contribution in [0.15, 0.2) is 28.9 Å². The van der Waals surface area contributed by atoms with Gasteiger partial charge in [-0.25, -0.2) is 0 Å². The third-order valence-electron chi connectivity index (χ3n) is 3.63. The SMILES string of the molecule is CC1(C(=O)O)CCN(C(=O)C=Cc2ccco2)CC1. The highest BCUT2D eigenvalue weighted by molar-refractivity contribution is 5.91. The van der Waals surface area contributed by atoms with E-state index in [4.69, 9.17) is 9.52 Å². The first-order chi connectivity index (χ1) is 9.01. The van der Waals surface area contributed by atoms with Crippen molar-refractivity contribution in [2.24, 2.45) is 5.41 Å².